The van der Waals surface area contributed by atoms with Crippen molar-refractivity contribution in [1.82, 2.24) is 9.88 Å². The number of amides is 2. The summed E-state index contributed by atoms with van der Waals surface area (Å²) in [5, 5.41) is 5.76. The summed E-state index contributed by atoms with van der Waals surface area (Å²) in [7, 11) is 0. The number of halogens is 1. The molecule has 1 aliphatic heterocycles. The molecule has 1 aliphatic rings. The Labute approximate surface area is 191 Å². The first-order valence-electron chi connectivity index (χ1n) is 10.5. The fourth-order valence-corrected chi connectivity index (χ4v) is 4.16. The van der Waals surface area contributed by atoms with Crippen molar-refractivity contribution in [3.63, 3.8) is 0 Å². The Morgan fingerprint density at radius 3 is 2.45 bits per heavy atom. The van der Waals surface area contributed by atoms with Gasteiger partial charge in [0.1, 0.15) is 5.82 Å². The molecule has 0 radical (unpaired) electrons. The quantitative estimate of drug-likeness (QED) is 0.637. The van der Waals surface area contributed by atoms with Crippen molar-refractivity contribution >= 4 is 39.2 Å². The second-order valence-corrected chi connectivity index (χ2v) is 9.20. The van der Waals surface area contributed by atoms with Crippen LogP contribution in [-0.4, -0.2) is 53.0 Å². The zero-order valence-electron chi connectivity index (χ0n) is 18.3. The number of aromatic nitrogens is 1. The van der Waals surface area contributed by atoms with Gasteiger partial charge < -0.3 is 15.4 Å². The molecule has 1 aromatic heterocycles. The first-order chi connectivity index (χ1) is 14.7. The highest BCUT2D eigenvalue weighted by atomic mass is 79.9. The van der Waals surface area contributed by atoms with Crippen LogP contribution in [0.25, 0.3) is 0 Å². The van der Waals surface area contributed by atoms with Crippen LogP contribution in [0.1, 0.15) is 38.1 Å². The lowest BCUT2D eigenvalue weighted by Crippen LogP contribution is -2.55. The summed E-state index contributed by atoms with van der Waals surface area (Å²) in [4.78, 5) is 32.1. The zero-order valence-corrected chi connectivity index (χ0v) is 19.8. The summed E-state index contributed by atoms with van der Waals surface area (Å²) in [6.07, 6.45) is 1.78. The number of anilines is 2. The number of pyridine rings is 1. The summed E-state index contributed by atoms with van der Waals surface area (Å²) < 4.78 is 6.65. The first-order valence-corrected chi connectivity index (χ1v) is 11.3. The average Bonchev–Trinajstić information content (AvgIpc) is 2.69. The van der Waals surface area contributed by atoms with Crippen LogP contribution in [0.2, 0.25) is 0 Å². The molecule has 7 nitrogen and oxygen atoms in total. The van der Waals surface area contributed by atoms with Crippen LogP contribution in [0.5, 0.6) is 0 Å². The Morgan fingerprint density at radius 1 is 1.13 bits per heavy atom. The Kier molecular flexibility index (Phi) is 7.80. The van der Waals surface area contributed by atoms with Crippen LogP contribution < -0.4 is 10.6 Å². The van der Waals surface area contributed by atoms with Crippen LogP contribution in [0.15, 0.2) is 47.1 Å². The summed E-state index contributed by atoms with van der Waals surface area (Å²) in [6, 6.07) is 10.2. The van der Waals surface area contributed by atoms with Crippen molar-refractivity contribution in [1.29, 1.82) is 0 Å². The first kappa shape index (κ1) is 23.4. The predicted molar refractivity (Wildman–Crippen MR) is 125 cm³/mol. The largest absolute Gasteiger partial charge is 0.373 e. The SMILES string of the molecule is CC1CN(C(C(=O)Nc2cccc(C(=O)Nc3ccc(Br)cn3)c2)C(C)C)CC(C)O1. The number of hydrogen-bond donors (Lipinski definition) is 2. The fraction of sp³-hybridized carbons (Fsp3) is 0.435. The minimum Gasteiger partial charge on any atom is -0.373 e. The number of rotatable bonds is 6. The molecule has 2 aromatic rings. The topological polar surface area (TPSA) is 83.6 Å². The van der Waals surface area contributed by atoms with Gasteiger partial charge in [0.2, 0.25) is 5.91 Å². The van der Waals surface area contributed by atoms with Gasteiger partial charge in [0.25, 0.3) is 5.91 Å². The molecule has 2 N–H and O–H groups in total. The van der Waals surface area contributed by atoms with Crippen molar-refractivity contribution in [2.45, 2.75) is 45.9 Å². The smallest absolute Gasteiger partial charge is 0.256 e. The predicted octanol–water partition coefficient (Wildman–Crippen LogP) is 4.17. The van der Waals surface area contributed by atoms with E-state index in [1.54, 1.807) is 42.6 Å². The molecule has 1 aromatic carbocycles. The van der Waals surface area contributed by atoms with Crippen LogP contribution in [0.3, 0.4) is 0 Å². The lowest BCUT2D eigenvalue weighted by Gasteiger charge is -2.41. The van der Waals surface area contributed by atoms with E-state index in [2.05, 4.69) is 36.4 Å². The number of benzene rings is 1. The van der Waals surface area contributed by atoms with Gasteiger partial charge in [0.05, 0.1) is 18.2 Å². The lowest BCUT2D eigenvalue weighted by atomic mass is 9.99. The summed E-state index contributed by atoms with van der Waals surface area (Å²) in [5.74, 6) is 0.219. The van der Waals surface area contributed by atoms with E-state index in [1.165, 1.54) is 0 Å². The molecule has 8 heteroatoms. The van der Waals surface area contributed by atoms with Gasteiger partial charge in [-0.1, -0.05) is 19.9 Å². The van der Waals surface area contributed by atoms with Gasteiger partial charge in [-0.05, 0) is 66.0 Å². The normalized spacial score (nSPS) is 20.3. The Morgan fingerprint density at radius 2 is 1.84 bits per heavy atom. The van der Waals surface area contributed by atoms with Gasteiger partial charge in [0.15, 0.2) is 0 Å². The molecule has 1 fully saturated rings. The summed E-state index contributed by atoms with van der Waals surface area (Å²) in [5.41, 5.74) is 1.03. The van der Waals surface area contributed by atoms with E-state index in [0.29, 0.717) is 30.2 Å². The molecule has 2 amide bonds. The molecule has 0 bridgehead atoms. The molecule has 3 atom stereocenters. The number of ether oxygens (including phenoxy) is 1. The van der Waals surface area contributed by atoms with Crippen LogP contribution in [-0.2, 0) is 9.53 Å². The van der Waals surface area contributed by atoms with Crippen molar-refractivity contribution in [2.75, 3.05) is 23.7 Å². The molecule has 3 rings (SSSR count). The van der Waals surface area contributed by atoms with Gasteiger partial charge in [-0.15, -0.1) is 0 Å². The van der Waals surface area contributed by atoms with E-state index in [0.717, 1.165) is 4.47 Å². The second-order valence-electron chi connectivity index (χ2n) is 8.29. The minimum atomic E-state index is -0.290. The highest BCUT2D eigenvalue weighted by Gasteiger charge is 2.34. The number of nitrogens with zero attached hydrogens (tertiary/aromatic N) is 2. The monoisotopic (exact) mass is 488 g/mol. The van der Waals surface area contributed by atoms with E-state index < -0.39 is 0 Å². The maximum atomic E-state index is 13.2. The maximum absolute atomic E-state index is 13.2. The van der Waals surface area contributed by atoms with E-state index in [1.807, 2.05) is 27.7 Å². The number of nitrogens with one attached hydrogen (secondary N) is 2. The molecule has 2 heterocycles. The zero-order chi connectivity index (χ0) is 22.5. The van der Waals surface area contributed by atoms with E-state index in [9.17, 15) is 9.59 Å². The van der Waals surface area contributed by atoms with E-state index in [-0.39, 0.29) is 36.0 Å². The maximum Gasteiger partial charge on any atom is 0.256 e. The molecule has 0 aliphatic carbocycles. The molecule has 1 saturated heterocycles. The van der Waals surface area contributed by atoms with Crippen molar-refractivity contribution in [2.24, 2.45) is 5.92 Å². The fourth-order valence-electron chi connectivity index (χ4n) is 3.93. The second kappa shape index (κ2) is 10.3. The molecule has 31 heavy (non-hydrogen) atoms. The summed E-state index contributed by atoms with van der Waals surface area (Å²) in [6.45, 7) is 9.57. The van der Waals surface area contributed by atoms with E-state index in [4.69, 9.17) is 4.74 Å². The van der Waals surface area contributed by atoms with Crippen molar-refractivity contribution in [3.8, 4) is 0 Å². The third kappa shape index (κ3) is 6.35. The number of carbonyl (C=O) groups excluding carboxylic acids is 2. The lowest BCUT2D eigenvalue weighted by molar-refractivity contribution is -0.130. The highest BCUT2D eigenvalue weighted by molar-refractivity contribution is 9.10. The molecular formula is C23H29BrN4O3. The Hall–Kier alpha value is -2.29. The third-order valence-electron chi connectivity index (χ3n) is 5.10. The molecule has 3 unspecified atom stereocenters. The number of carbonyl (C=O) groups is 2. The van der Waals surface area contributed by atoms with Gasteiger partial charge in [0, 0.05) is 35.0 Å². The van der Waals surface area contributed by atoms with Crippen molar-refractivity contribution < 1.29 is 14.3 Å². The third-order valence-corrected chi connectivity index (χ3v) is 5.57. The van der Waals surface area contributed by atoms with E-state index >= 15 is 0 Å². The molecule has 0 spiro atoms. The highest BCUT2D eigenvalue weighted by Crippen LogP contribution is 2.21. The average molecular weight is 489 g/mol. The van der Waals surface area contributed by atoms with Crippen LogP contribution >= 0.6 is 15.9 Å². The standard InChI is InChI=1S/C23H29BrN4O3/c1-14(2)21(28-12-15(3)31-16(4)13-28)23(30)26-19-7-5-6-17(10-19)22(29)27-20-9-8-18(24)11-25-20/h5-11,14-16,21H,12-13H2,1-4H3,(H,26,30)(H,25,27,29). The molecular weight excluding hydrogens is 460 g/mol. The van der Waals surface area contributed by atoms with Gasteiger partial charge in [-0.3, -0.25) is 14.5 Å². The number of hydrogen-bond acceptors (Lipinski definition) is 5. The summed E-state index contributed by atoms with van der Waals surface area (Å²) >= 11 is 3.32. The molecule has 166 valence electrons. The Balaban J connectivity index is 1.70. The van der Waals surface area contributed by atoms with Crippen molar-refractivity contribution in [3.05, 3.63) is 52.6 Å². The van der Waals surface area contributed by atoms with Gasteiger partial charge >= 0.3 is 0 Å². The van der Waals surface area contributed by atoms with Crippen LogP contribution in [0, 0.1) is 5.92 Å². The Bertz CT molecular complexity index is 909. The minimum absolute atomic E-state index is 0.0802. The number of morpholine rings is 1. The van der Waals surface area contributed by atoms with Gasteiger partial charge in [-0.2, -0.15) is 0 Å². The van der Waals surface area contributed by atoms with Crippen LogP contribution in [0.4, 0.5) is 11.5 Å². The molecule has 0 saturated carbocycles. The van der Waals surface area contributed by atoms with Gasteiger partial charge in [-0.25, -0.2) is 4.98 Å².